The molecule has 1 aliphatic rings. The molecule has 178 valence electrons. The van der Waals surface area contributed by atoms with Crippen molar-refractivity contribution < 1.29 is 9.84 Å². The first-order valence-corrected chi connectivity index (χ1v) is 11.6. The van der Waals surface area contributed by atoms with Gasteiger partial charge in [-0.05, 0) is 75.2 Å². The zero-order valence-corrected chi connectivity index (χ0v) is 22.2. The number of ether oxygens (including phenoxy) is 1. The number of aliphatic hydroxyl groups is 1. The van der Waals surface area contributed by atoms with Crippen molar-refractivity contribution in [3.8, 4) is 5.75 Å². The molecule has 1 aromatic carbocycles. The molecule has 6 nitrogen and oxygen atoms in total. The van der Waals surface area contributed by atoms with Gasteiger partial charge in [0, 0.05) is 26.2 Å². The van der Waals surface area contributed by atoms with Gasteiger partial charge in [0.15, 0.2) is 5.96 Å². The van der Waals surface area contributed by atoms with Gasteiger partial charge in [-0.1, -0.05) is 26.0 Å². The average molecular weight is 547 g/mol. The number of nitrogens with one attached hydrogen (secondary N) is 2. The number of hydrogen-bond acceptors (Lipinski definition) is 4. The molecule has 2 rings (SSSR count). The highest BCUT2D eigenvalue weighted by Crippen LogP contribution is 2.31. The highest BCUT2D eigenvalue weighted by atomic mass is 127. The number of guanidine groups is 1. The quantitative estimate of drug-likeness (QED) is 0.209. The molecule has 3 N–H and O–H groups in total. The molecule has 1 unspecified atom stereocenters. The maximum Gasteiger partial charge on any atom is 0.191 e. The number of rotatable bonds is 12. The second kappa shape index (κ2) is 14.9. The Morgan fingerprint density at radius 1 is 1.19 bits per heavy atom. The molecule has 1 aliphatic heterocycles. The summed E-state index contributed by atoms with van der Waals surface area (Å²) in [5, 5.41) is 16.5. The standard InChI is InChI=1S/C24H42N4O2.HI/c1-5-24(6-2,13-16-29)19-27-23(25-7-3)26-18-22(28-14-8-9-15-28)20-11-10-12-21(17-20)30-4;/h10-12,17,22,29H,5-9,13-16,18-19H2,1-4H3,(H2,25,26,27);1H. The first-order valence-electron chi connectivity index (χ1n) is 11.6. The zero-order chi connectivity index (χ0) is 21.8. The SMILES string of the molecule is CCNC(=NCC(CC)(CC)CCO)NCC(c1cccc(OC)c1)N1CCCC1.I. The Bertz CT molecular complexity index is 646. The minimum Gasteiger partial charge on any atom is -0.497 e. The number of halogens is 1. The summed E-state index contributed by atoms with van der Waals surface area (Å²) >= 11 is 0. The molecule has 1 aromatic rings. The van der Waals surface area contributed by atoms with Gasteiger partial charge in [0.05, 0.1) is 13.2 Å². The van der Waals surface area contributed by atoms with E-state index in [9.17, 15) is 5.11 Å². The lowest BCUT2D eigenvalue weighted by Gasteiger charge is -2.31. The van der Waals surface area contributed by atoms with Gasteiger partial charge in [-0.3, -0.25) is 9.89 Å². The Labute approximate surface area is 206 Å². The van der Waals surface area contributed by atoms with Crippen molar-refractivity contribution in [1.82, 2.24) is 15.5 Å². The predicted octanol–water partition coefficient (Wildman–Crippen LogP) is 4.19. The monoisotopic (exact) mass is 546 g/mol. The number of aliphatic imine (C=N–C) groups is 1. The second-order valence-electron chi connectivity index (χ2n) is 8.29. The summed E-state index contributed by atoms with van der Waals surface area (Å²) in [6.07, 6.45) is 5.35. The molecule has 0 radical (unpaired) electrons. The molecule has 0 spiro atoms. The third-order valence-corrected chi connectivity index (χ3v) is 6.58. The van der Waals surface area contributed by atoms with Crippen molar-refractivity contribution in [2.45, 2.75) is 58.9 Å². The van der Waals surface area contributed by atoms with Crippen LogP contribution in [0.25, 0.3) is 0 Å². The molecular formula is C24H43IN4O2. The first kappa shape index (κ1) is 28.0. The third kappa shape index (κ3) is 8.42. The van der Waals surface area contributed by atoms with E-state index in [1.165, 1.54) is 18.4 Å². The highest BCUT2D eigenvalue weighted by Gasteiger charge is 2.26. The van der Waals surface area contributed by atoms with Gasteiger partial charge in [-0.15, -0.1) is 24.0 Å². The fraction of sp³-hybridized carbons (Fsp3) is 0.708. The van der Waals surface area contributed by atoms with Crippen LogP contribution in [-0.2, 0) is 0 Å². The van der Waals surface area contributed by atoms with Gasteiger partial charge in [0.2, 0.25) is 0 Å². The molecule has 1 atom stereocenters. The lowest BCUT2D eigenvalue weighted by molar-refractivity contribution is 0.175. The van der Waals surface area contributed by atoms with Crippen molar-refractivity contribution >= 4 is 29.9 Å². The van der Waals surface area contributed by atoms with Crippen molar-refractivity contribution in [3.05, 3.63) is 29.8 Å². The van der Waals surface area contributed by atoms with Crippen LogP contribution in [0.3, 0.4) is 0 Å². The van der Waals surface area contributed by atoms with E-state index < -0.39 is 0 Å². The number of hydrogen-bond donors (Lipinski definition) is 3. The fourth-order valence-corrected chi connectivity index (χ4v) is 4.29. The van der Waals surface area contributed by atoms with Crippen molar-refractivity contribution in [2.75, 3.05) is 46.4 Å². The zero-order valence-electron chi connectivity index (χ0n) is 19.8. The number of nitrogens with zero attached hydrogens (tertiary/aromatic N) is 2. The average Bonchev–Trinajstić information content (AvgIpc) is 3.31. The van der Waals surface area contributed by atoms with Crippen LogP contribution >= 0.6 is 24.0 Å². The smallest absolute Gasteiger partial charge is 0.191 e. The van der Waals surface area contributed by atoms with Gasteiger partial charge >= 0.3 is 0 Å². The van der Waals surface area contributed by atoms with Gasteiger partial charge in [-0.2, -0.15) is 0 Å². The van der Waals surface area contributed by atoms with Gasteiger partial charge in [0.1, 0.15) is 5.75 Å². The normalized spacial score (nSPS) is 16.0. The number of aliphatic hydroxyl groups excluding tert-OH is 1. The summed E-state index contributed by atoms with van der Waals surface area (Å²) in [4.78, 5) is 7.47. The summed E-state index contributed by atoms with van der Waals surface area (Å²) in [7, 11) is 1.72. The van der Waals surface area contributed by atoms with Gasteiger partial charge < -0.3 is 20.5 Å². The summed E-state index contributed by atoms with van der Waals surface area (Å²) in [6.45, 7) is 11.3. The Hall–Kier alpha value is -1.06. The summed E-state index contributed by atoms with van der Waals surface area (Å²) < 4.78 is 5.46. The van der Waals surface area contributed by atoms with Crippen LogP contribution in [0, 0.1) is 5.41 Å². The van der Waals surface area contributed by atoms with Gasteiger partial charge in [-0.25, -0.2) is 0 Å². The molecule has 1 heterocycles. The van der Waals surface area contributed by atoms with Crippen LogP contribution in [0.5, 0.6) is 5.75 Å². The lowest BCUT2D eigenvalue weighted by Crippen LogP contribution is -2.43. The summed E-state index contributed by atoms with van der Waals surface area (Å²) in [6, 6.07) is 8.69. The van der Waals surface area contributed by atoms with E-state index in [4.69, 9.17) is 9.73 Å². The second-order valence-corrected chi connectivity index (χ2v) is 8.29. The largest absolute Gasteiger partial charge is 0.497 e. The van der Waals surface area contributed by atoms with E-state index in [-0.39, 0.29) is 42.0 Å². The fourth-order valence-electron chi connectivity index (χ4n) is 4.29. The predicted molar refractivity (Wildman–Crippen MR) is 141 cm³/mol. The van der Waals surface area contributed by atoms with Crippen LogP contribution in [0.15, 0.2) is 29.3 Å². The van der Waals surface area contributed by atoms with Crippen LogP contribution in [0.1, 0.15) is 64.5 Å². The van der Waals surface area contributed by atoms with Crippen molar-refractivity contribution in [3.63, 3.8) is 0 Å². The molecule has 7 heteroatoms. The van der Waals surface area contributed by atoms with E-state index in [1.807, 2.05) is 6.07 Å². The molecule has 0 saturated carbocycles. The number of likely N-dealkylation sites (tertiary alicyclic amines) is 1. The van der Waals surface area contributed by atoms with Crippen molar-refractivity contribution in [2.24, 2.45) is 10.4 Å². The Kier molecular flexibility index (Phi) is 13.4. The minimum absolute atomic E-state index is 0. The first-order chi connectivity index (χ1) is 14.6. The molecule has 0 bridgehead atoms. The molecule has 1 fully saturated rings. The van der Waals surface area contributed by atoms with E-state index in [0.717, 1.165) is 63.7 Å². The highest BCUT2D eigenvalue weighted by molar-refractivity contribution is 14.0. The lowest BCUT2D eigenvalue weighted by atomic mass is 9.79. The molecule has 1 saturated heterocycles. The molecule has 0 aromatic heterocycles. The van der Waals surface area contributed by atoms with Gasteiger partial charge in [0.25, 0.3) is 0 Å². The maximum absolute atomic E-state index is 9.50. The molecule has 31 heavy (non-hydrogen) atoms. The Morgan fingerprint density at radius 2 is 1.90 bits per heavy atom. The summed E-state index contributed by atoms with van der Waals surface area (Å²) in [5.41, 5.74) is 1.34. The Balaban J connectivity index is 0.00000480. The number of benzene rings is 1. The van der Waals surface area contributed by atoms with Crippen LogP contribution in [0.2, 0.25) is 0 Å². The molecule has 0 amide bonds. The topological polar surface area (TPSA) is 69.1 Å². The third-order valence-electron chi connectivity index (χ3n) is 6.58. The van der Waals surface area contributed by atoms with Crippen LogP contribution in [-0.4, -0.2) is 62.4 Å². The van der Waals surface area contributed by atoms with E-state index in [1.54, 1.807) is 7.11 Å². The van der Waals surface area contributed by atoms with E-state index >= 15 is 0 Å². The van der Waals surface area contributed by atoms with E-state index in [2.05, 4.69) is 54.5 Å². The summed E-state index contributed by atoms with van der Waals surface area (Å²) in [5.74, 6) is 1.76. The van der Waals surface area contributed by atoms with E-state index in [0.29, 0.717) is 0 Å². The minimum atomic E-state index is 0. The molecular weight excluding hydrogens is 503 g/mol. The Morgan fingerprint density at radius 3 is 2.48 bits per heavy atom. The van der Waals surface area contributed by atoms with Crippen LogP contribution in [0.4, 0.5) is 0 Å². The van der Waals surface area contributed by atoms with Crippen molar-refractivity contribution in [1.29, 1.82) is 0 Å². The van der Waals surface area contributed by atoms with Crippen LogP contribution < -0.4 is 15.4 Å². The maximum atomic E-state index is 9.50. The number of methoxy groups -OCH3 is 1. The molecule has 0 aliphatic carbocycles.